The van der Waals surface area contributed by atoms with E-state index in [2.05, 4.69) is 15.9 Å². The third-order valence-corrected chi connectivity index (χ3v) is 4.22. The van der Waals surface area contributed by atoms with E-state index >= 15 is 0 Å². The second-order valence-corrected chi connectivity index (χ2v) is 5.96. The van der Waals surface area contributed by atoms with Crippen LogP contribution in [0.4, 0.5) is 13.2 Å². The quantitative estimate of drug-likeness (QED) is 0.419. The average molecular weight is 359 g/mol. The number of hydrogen-bond acceptors (Lipinski definition) is 3. The van der Waals surface area contributed by atoms with Gasteiger partial charge in [-0.3, -0.25) is 4.79 Å². The predicted molar refractivity (Wildman–Crippen MR) is 72.9 cm³/mol. The van der Waals surface area contributed by atoms with Crippen molar-refractivity contribution in [1.29, 1.82) is 0 Å². The fourth-order valence-electron chi connectivity index (χ4n) is 1.34. The SMILES string of the molecule is CSc1cccc(C(=O)CCBr)c1SC(F)(F)F. The van der Waals surface area contributed by atoms with Crippen LogP contribution in [0, 0.1) is 0 Å². The summed E-state index contributed by atoms with van der Waals surface area (Å²) in [4.78, 5) is 12.3. The fourth-order valence-corrected chi connectivity index (χ4v) is 3.27. The van der Waals surface area contributed by atoms with E-state index in [1.54, 1.807) is 18.4 Å². The molecule has 0 saturated heterocycles. The zero-order valence-corrected chi connectivity index (χ0v) is 12.6. The lowest BCUT2D eigenvalue weighted by Gasteiger charge is -2.13. The third-order valence-electron chi connectivity index (χ3n) is 2.04. The Hall–Kier alpha value is -0.140. The molecule has 100 valence electrons. The lowest BCUT2D eigenvalue weighted by molar-refractivity contribution is -0.0329. The molecule has 0 aliphatic heterocycles. The number of alkyl halides is 4. The summed E-state index contributed by atoms with van der Waals surface area (Å²) in [7, 11) is 0. The first-order chi connectivity index (χ1) is 8.39. The molecule has 0 saturated carbocycles. The number of Topliss-reactive ketones (excluding diaryl/α,β-unsaturated/α-hetero) is 1. The zero-order valence-electron chi connectivity index (χ0n) is 9.38. The molecule has 0 unspecified atom stereocenters. The highest BCUT2D eigenvalue weighted by Gasteiger charge is 2.32. The van der Waals surface area contributed by atoms with Crippen LogP contribution in [0.1, 0.15) is 16.8 Å². The molecule has 0 spiro atoms. The summed E-state index contributed by atoms with van der Waals surface area (Å²) in [6.45, 7) is 0. The molecule has 1 aromatic carbocycles. The Morgan fingerprint density at radius 1 is 1.39 bits per heavy atom. The highest BCUT2D eigenvalue weighted by molar-refractivity contribution is 9.09. The Kier molecular flexibility index (Phi) is 6.07. The van der Waals surface area contributed by atoms with Gasteiger partial charge in [-0.15, -0.1) is 11.8 Å². The number of carbonyl (C=O) groups excluding carboxylic acids is 1. The van der Waals surface area contributed by atoms with Crippen LogP contribution in [-0.4, -0.2) is 22.9 Å². The summed E-state index contributed by atoms with van der Waals surface area (Å²) in [6.07, 6.45) is 1.87. The molecule has 0 radical (unpaired) electrons. The maximum atomic E-state index is 12.5. The van der Waals surface area contributed by atoms with Crippen LogP contribution in [0.3, 0.4) is 0 Å². The standard InChI is InChI=1S/C11H10BrF3OS2/c1-17-9-4-2-3-7(8(16)5-6-12)10(9)18-11(13,14)15/h2-4H,5-6H2,1H3. The van der Waals surface area contributed by atoms with Crippen molar-refractivity contribution in [2.24, 2.45) is 0 Å². The highest BCUT2D eigenvalue weighted by atomic mass is 79.9. The number of hydrogen-bond donors (Lipinski definition) is 0. The number of halogens is 4. The van der Waals surface area contributed by atoms with Crippen molar-refractivity contribution < 1.29 is 18.0 Å². The van der Waals surface area contributed by atoms with Crippen LogP contribution in [0.25, 0.3) is 0 Å². The van der Waals surface area contributed by atoms with Crippen LogP contribution >= 0.6 is 39.5 Å². The van der Waals surface area contributed by atoms with Gasteiger partial charge in [-0.2, -0.15) is 13.2 Å². The normalized spacial score (nSPS) is 11.6. The van der Waals surface area contributed by atoms with E-state index in [9.17, 15) is 18.0 Å². The van der Waals surface area contributed by atoms with Crippen LogP contribution in [0.15, 0.2) is 28.0 Å². The number of carbonyl (C=O) groups is 1. The topological polar surface area (TPSA) is 17.1 Å². The van der Waals surface area contributed by atoms with Crippen LogP contribution in [-0.2, 0) is 0 Å². The summed E-state index contributed by atoms with van der Waals surface area (Å²) in [5.41, 5.74) is -4.25. The summed E-state index contributed by atoms with van der Waals surface area (Å²) < 4.78 is 37.6. The van der Waals surface area contributed by atoms with E-state index in [-0.39, 0.29) is 34.4 Å². The maximum Gasteiger partial charge on any atom is 0.446 e. The molecule has 0 aromatic heterocycles. The second-order valence-electron chi connectivity index (χ2n) is 3.25. The van der Waals surface area contributed by atoms with Crippen molar-refractivity contribution in [1.82, 2.24) is 0 Å². The van der Waals surface area contributed by atoms with Gasteiger partial charge in [0.1, 0.15) is 0 Å². The molecule has 1 rings (SSSR count). The van der Waals surface area contributed by atoms with Gasteiger partial charge in [0.05, 0.1) is 0 Å². The smallest absolute Gasteiger partial charge is 0.294 e. The molecular weight excluding hydrogens is 349 g/mol. The van der Waals surface area contributed by atoms with Crippen molar-refractivity contribution >= 4 is 45.2 Å². The minimum atomic E-state index is -4.39. The van der Waals surface area contributed by atoms with E-state index in [1.807, 2.05) is 0 Å². The Bertz CT molecular complexity index is 435. The Morgan fingerprint density at radius 3 is 2.56 bits per heavy atom. The molecule has 0 heterocycles. The lowest BCUT2D eigenvalue weighted by atomic mass is 10.1. The van der Waals surface area contributed by atoms with Crippen LogP contribution in [0.2, 0.25) is 0 Å². The molecule has 0 fully saturated rings. The molecule has 0 atom stereocenters. The van der Waals surface area contributed by atoms with Gasteiger partial charge in [-0.05, 0) is 24.1 Å². The third kappa shape index (κ3) is 4.51. The first-order valence-corrected chi connectivity index (χ1v) is 8.07. The molecule has 0 N–H and O–H groups in total. The zero-order chi connectivity index (χ0) is 13.8. The fraction of sp³-hybridized carbons (Fsp3) is 0.364. The minimum Gasteiger partial charge on any atom is -0.294 e. The van der Waals surface area contributed by atoms with Crippen LogP contribution in [0.5, 0.6) is 0 Å². The van der Waals surface area contributed by atoms with Gasteiger partial charge in [-0.25, -0.2) is 0 Å². The predicted octanol–water partition coefficient (Wildman–Crippen LogP) is 4.99. The van der Waals surface area contributed by atoms with Gasteiger partial charge in [0.25, 0.3) is 0 Å². The molecule has 0 bridgehead atoms. The van der Waals surface area contributed by atoms with E-state index in [4.69, 9.17) is 0 Å². The molecule has 0 aliphatic rings. The molecule has 7 heteroatoms. The average Bonchev–Trinajstić information content (AvgIpc) is 2.27. The summed E-state index contributed by atoms with van der Waals surface area (Å²) in [5.74, 6) is -0.283. The van der Waals surface area contributed by atoms with E-state index < -0.39 is 5.51 Å². The molecule has 1 aromatic rings. The summed E-state index contributed by atoms with van der Waals surface area (Å²) in [5, 5.41) is 0.436. The van der Waals surface area contributed by atoms with Gasteiger partial charge >= 0.3 is 5.51 Å². The van der Waals surface area contributed by atoms with Crippen molar-refractivity contribution in [3.8, 4) is 0 Å². The highest BCUT2D eigenvalue weighted by Crippen LogP contribution is 2.43. The second kappa shape index (κ2) is 6.86. The first kappa shape index (κ1) is 15.9. The minimum absolute atomic E-state index is 0.00319. The maximum absolute atomic E-state index is 12.5. The number of rotatable bonds is 5. The van der Waals surface area contributed by atoms with Gasteiger partial charge in [0.2, 0.25) is 0 Å². The Labute approximate surface area is 120 Å². The van der Waals surface area contributed by atoms with E-state index in [1.165, 1.54) is 17.8 Å². The largest absolute Gasteiger partial charge is 0.446 e. The van der Waals surface area contributed by atoms with E-state index in [0.29, 0.717) is 10.2 Å². The molecule has 18 heavy (non-hydrogen) atoms. The Morgan fingerprint density at radius 2 is 2.06 bits per heavy atom. The van der Waals surface area contributed by atoms with Gasteiger partial charge < -0.3 is 0 Å². The number of thioether (sulfide) groups is 2. The Balaban J connectivity index is 3.20. The van der Waals surface area contributed by atoms with Crippen molar-refractivity contribution in [2.75, 3.05) is 11.6 Å². The number of benzene rings is 1. The van der Waals surface area contributed by atoms with Gasteiger partial charge in [0, 0.05) is 27.1 Å². The van der Waals surface area contributed by atoms with E-state index in [0.717, 1.165) is 0 Å². The van der Waals surface area contributed by atoms with Crippen LogP contribution < -0.4 is 0 Å². The van der Waals surface area contributed by atoms with Gasteiger partial charge in [-0.1, -0.05) is 28.1 Å². The van der Waals surface area contributed by atoms with Gasteiger partial charge in [0.15, 0.2) is 5.78 Å². The first-order valence-electron chi connectivity index (χ1n) is 4.91. The summed E-state index contributed by atoms with van der Waals surface area (Å²) in [6, 6.07) is 4.64. The molecule has 0 amide bonds. The monoisotopic (exact) mass is 358 g/mol. The molecule has 0 aliphatic carbocycles. The molecular formula is C11H10BrF3OS2. The lowest BCUT2D eigenvalue weighted by Crippen LogP contribution is -2.07. The molecule has 1 nitrogen and oxygen atoms in total. The van der Waals surface area contributed by atoms with Crippen molar-refractivity contribution in [3.05, 3.63) is 23.8 Å². The van der Waals surface area contributed by atoms with Crippen molar-refractivity contribution in [2.45, 2.75) is 21.7 Å². The van der Waals surface area contributed by atoms with Crippen molar-refractivity contribution in [3.63, 3.8) is 0 Å². The number of ketones is 1. The summed E-state index contributed by atoms with van der Waals surface area (Å²) >= 11 is 4.09.